The van der Waals surface area contributed by atoms with E-state index >= 15 is 0 Å². The van der Waals surface area contributed by atoms with Crippen molar-refractivity contribution >= 4 is 81.5 Å². The van der Waals surface area contributed by atoms with E-state index in [4.69, 9.17) is 41.4 Å². The number of rotatable bonds is 0. The second-order valence-electron chi connectivity index (χ2n) is 4.82. The largest absolute Gasteiger partial charge is 3.00 e. The number of thiocarbonyl (C=S) groups is 4. The van der Waals surface area contributed by atoms with Crippen LogP contribution in [-0.4, -0.2) is 32.6 Å². The SMILES string of the molecule is CC(=O)[O-].CC(=O)[O-].Cc1cc[n+]([O-])cc1.Cc1cc[n+]([O-])cc1.[N-]=C=S.[N-]=C=S.[N-]=C=S.[N-]=C=S.[OH3+].[OH3+].[OH3+].[OH3+].[OH3+].[OH3+].[Sm+3].[Sm+3]. The van der Waals surface area contributed by atoms with Gasteiger partial charge in [-0.05, 0) is 38.8 Å². The number of hydrogen-bond acceptors (Lipinski definition) is 10. The van der Waals surface area contributed by atoms with Gasteiger partial charge in [-0.3, -0.25) is 0 Å². The van der Waals surface area contributed by atoms with Crippen molar-refractivity contribution in [1.29, 1.82) is 0 Å². The predicted molar refractivity (Wildman–Crippen MR) is 175 cm³/mol. The van der Waals surface area contributed by atoms with E-state index in [0.29, 0.717) is 0 Å². The first-order valence-corrected chi connectivity index (χ1v) is 10.0. The van der Waals surface area contributed by atoms with E-state index in [0.717, 1.165) is 34.4 Å². The smallest absolute Gasteiger partial charge is 0.753 e. The van der Waals surface area contributed by atoms with Gasteiger partial charge in [0.05, 0.1) is 0 Å². The quantitative estimate of drug-likeness (QED) is 0.0807. The number of aromatic nitrogens is 2. The summed E-state index contributed by atoms with van der Waals surface area (Å²) in [6.45, 7) is 5.83. The summed E-state index contributed by atoms with van der Waals surface area (Å²) in [5, 5.41) is 72.3. The van der Waals surface area contributed by atoms with Gasteiger partial charge in [0, 0.05) is 36.2 Å². The van der Waals surface area contributed by atoms with Gasteiger partial charge in [0.1, 0.15) is 0 Å². The molecule has 0 aromatic carbocycles. The van der Waals surface area contributed by atoms with Crippen molar-refractivity contribution in [2.75, 3.05) is 0 Å². The first-order valence-electron chi connectivity index (χ1n) is 8.41. The second-order valence-corrected chi connectivity index (χ2v) is 5.55. The number of hydrogen-bond donors (Lipinski definition) is 0. The molecule has 0 aliphatic rings. The minimum absolute atomic E-state index is 0. The van der Waals surface area contributed by atoms with Gasteiger partial charge >= 0.3 is 80.8 Å². The van der Waals surface area contributed by atoms with Gasteiger partial charge in [0.25, 0.3) is 0 Å². The molecular weight excluding hydrogens is 945 g/mol. The first kappa shape index (κ1) is 90.1. The van der Waals surface area contributed by atoms with Crippen LogP contribution in [0, 0.1) is 105 Å². The average molecular weight is 984 g/mol. The molecule has 18 N–H and O–H groups in total. The molecule has 0 aliphatic heterocycles. The van der Waals surface area contributed by atoms with Crippen LogP contribution in [0.3, 0.4) is 0 Å². The topological polar surface area (TPSA) is 421 Å². The van der Waals surface area contributed by atoms with E-state index in [1.165, 1.54) is 45.4 Å². The molecule has 0 fully saturated rings. The fourth-order valence-electron chi connectivity index (χ4n) is 0.975. The third-order valence-electron chi connectivity index (χ3n) is 1.94. The van der Waals surface area contributed by atoms with E-state index < -0.39 is 11.9 Å². The fraction of sp³-hybridized carbons (Fsp3) is 0.200. The summed E-state index contributed by atoms with van der Waals surface area (Å²) < 4.78 is 1.54. The van der Waals surface area contributed by atoms with E-state index in [2.05, 4.69) is 48.9 Å². The standard InChI is InChI=1S/2C6H7NO.2C2H4O2.4CNS.6H2O.2Sm/c2*1-6-2-4-7(8)5-3-6;2*1-2(3)4;4*2-1-3;;;;;;;;/h2*2-5H,1H3;2*1H3,(H,3,4);;;;;6*1H2;;/q;;;;4*-1;;;;;;;2*+3/p+4. The third-order valence-corrected chi connectivity index (χ3v) is 1.94. The summed E-state index contributed by atoms with van der Waals surface area (Å²) in [7, 11) is 0. The van der Waals surface area contributed by atoms with E-state index in [9.17, 15) is 10.4 Å². The Morgan fingerprint density at radius 3 is 0.727 bits per heavy atom. The Hall–Kier alpha value is -1.52. The molecule has 2 heterocycles. The maximum absolute atomic E-state index is 10.3. The van der Waals surface area contributed by atoms with Gasteiger partial charge in [-0.25, -0.2) is 0 Å². The van der Waals surface area contributed by atoms with Crippen LogP contribution in [0.5, 0.6) is 0 Å². The van der Waals surface area contributed by atoms with Gasteiger partial charge in [0.15, 0.2) is 24.8 Å². The Labute approximate surface area is 340 Å². The summed E-state index contributed by atoms with van der Waals surface area (Å²) in [6, 6.07) is 7.08. The molecule has 0 bridgehead atoms. The number of carboxylic acids is 2. The zero-order chi connectivity index (χ0) is 29.9. The molecule has 18 nitrogen and oxygen atoms in total. The summed E-state index contributed by atoms with van der Waals surface area (Å²) in [5.74, 6) is -2.17. The summed E-state index contributed by atoms with van der Waals surface area (Å²) in [4.78, 5) is 17.8. The first-order chi connectivity index (χ1) is 16.7. The molecule has 2 radical (unpaired) electrons. The third kappa shape index (κ3) is 185. The molecule has 0 saturated carbocycles. The van der Waals surface area contributed by atoms with Gasteiger partial charge in [0.2, 0.25) is 0 Å². The molecule has 0 spiro atoms. The maximum atomic E-state index is 10.3. The minimum atomic E-state index is -1.08. The van der Waals surface area contributed by atoms with Crippen molar-refractivity contribution in [3.63, 3.8) is 0 Å². The van der Waals surface area contributed by atoms with Crippen molar-refractivity contribution in [2.45, 2.75) is 27.7 Å². The zero-order valence-corrected chi connectivity index (χ0v) is 32.2. The molecule has 0 amide bonds. The molecule has 2 aromatic rings. The molecule has 2 rings (SSSR count). The predicted octanol–water partition coefficient (Wildman–Crippen LogP) is -4.13. The molecule has 24 heteroatoms. The Morgan fingerprint density at radius 1 is 0.568 bits per heavy atom. The van der Waals surface area contributed by atoms with Crippen molar-refractivity contribution in [2.24, 2.45) is 0 Å². The van der Waals surface area contributed by atoms with Crippen molar-refractivity contribution in [3.8, 4) is 0 Å². The summed E-state index contributed by atoms with van der Waals surface area (Å²) in [6.07, 6.45) is 5.93. The average Bonchev–Trinajstić information content (AvgIpc) is 2.74. The maximum Gasteiger partial charge on any atom is 3.00 e. The van der Waals surface area contributed by atoms with E-state index in [-0.39, 0.29) is 114 Å². The van der Waals surface area contributed by atoms with Crippen LogP contribution >= 0.6 is 48.9 Å². The number of carbonyl (C=O) groups is 2. The molecule has 0 unspecified atom stereocenters. The van der Waals surface area contributed by atoms with Crippen LogP contribution in [0.1, 0.15) is 25.0 Å². The zero-order valence-electron chi connectivity index (χ0n) is 23.7. The van der Waals surface area contributed by atoms with Gasteiger partial charge in [-0.15, -0.1) is 0 Å². The van der Waals surface area contributed by atoms with E-state index in [1.807, 2.05) is 13.8 Å². The van der Waals surface area contributed by atoms with Crippen molar-refractivity contribution in [1.82, 2.24) is 0 Å². The number of aliphatic carboxylic acids is 2. The van der Waals surface area contributed by atoms with Crippen LogP contribution in [-0.2, 0) is 42.4 Å². The molecule has 44 heavy (non-hydrogen) atoms. The number of carboxylic acid groups (broad SMARTS) is 2. The normalized spacial score (nSPS) is 5.18. The summed E-state index contributed by atoms with van der Waals surface area (Å²) >= 11 is 14.8. The molecule has 0 atom stereocenters. The Kier molecular flexibility index (Phi) is 172. The fourth-order valence-corrected chi connectivity index (χ4v) is 0.975. The van der Waals surface area contributed by atoms with Crippen LogP contribution in [0.15, 0.2) is 49.1 Å². The van der Waals surface area contributed by atoms with Crippen LogP contribution < -0.4 is 19.7 Å². The van der Waals surface area contributed by atoms with Crippen LogP contribution in [0.4, 0.5) is 0 Å². The van der Waals surface area contributed by atoms with Crippen LogP contribution in [0.2, 0.25) is 0 Å². The second kappa shape index (κ2) is 83.8. The molecule has 0 aliphatic carbocycles. The monoisotopic (exact) mass is 986 g/mol. The van der Waals surface area contributed by atoms with Gasteiger partial charge in [-0.1, -0.05) is 48.9 Å². The Balaban J connectivity index is -0.0000000197. The van der Waals surface area contributed by atoms with Crippen molar-refractivity contribution in [3.05, 3.63) is 92.2 Å². The molecular formula is C20H38N6O12S4Sm2+6. The summed E-state index contributed by atoms with van der Waals surface area (Å²) in [5.41, 5.74) is 2.22. The molecule has 2 aromatic heterocycles. The minimum Gasteiger partial charge on any atom is -0.753 e. The van der Waals surface area contributed by atoms with E-state index in [1.54, 1.807) is 24.3 Å². The molecule has 250 valence electrons. The van der Waals surface area contributed by atoms with Crippen molar-refractivity contribution < 1.29 is 143 Å². The Bertz CT molecular complexity index is 821. The van der Waals surface area contributed by atoms with Gasteiger partial charge < -0.3 is 84.7 Å². The number of nitrogens with zero attached hydrogens (tertiary/aromatic N) is 6. The van der Waals surface area contributed by atoms with Gasteiger partial charge in [-0.2, -0.15) is 30.1 Å². The molecule has 0 saturated heterocycles. The number of pyridine rings is 2. The van der Waals surface area contributed by atoms with Crippen LogP contribution in [0.25, 0.3) is 21.6 Å². The Morgan fingerprint density at radius 2 is 0.659 bits per heavy atom. The number of isothiocyanates is 4. The number of carbonyl (C=O) groups excluding carboxylic acids is 2. The number of aryl methyl sites for hydroxylation is 2.